The summed E-state index contributed by atoms with van der Waals surface area (Å²) in [5, 5.41) is 9.05. The predicted octanol–water partition coefficient (Wildman–Crippen LogP) is 4.87. The van der Waals surface area contributed by atoms with Crippen molar-refractivity contribution in [3.05, 3.63) is 57.8 Å². The minimum atomic E-state index is -4.65. The normalized spacial score (nSPS) is 11.2. The zero-order valence-electron chi connectivity index (χ0n) is 13.9. The second-order valence-corrected chi connectivity index (χ2v) is 6.60. The molecular formula is C18H15F3N2OS. The third-order valence-corrected chi connectivity index (χ3v) is 4.53. The first kappa shape index (κ1) is 19.0. The number of nitrogens with zero attached hydrogens (tertiary/aromatic N) is 2. The monoisotopic (exact) mass is 364 g/mol. The van der Waals surface area contributed by atoms with E-state index in [1.165, 1.54) is 6.92 Å². The van der Waals surface area contributed by atoms with Crippen LogP contribution in [0.15, 0.2) is 29.3 Å². The number of benzene rings is 1. The lowest BCUT2D eigenvalue weighted by Gasteiger charge is -2.13. The molecule has 0 saturated heterocycles. The molecule has 0 amide bonds. The van der Waals surface area contributed by atoms with Gasteiger partial charge < -0.3 is 0 Å². The standard InChI is InChI=1S/C18H15F3N2OS/c1-10-4-5-13(11(2)6-10)16(24)9-25-17-14(8-22)15(18(19,20)21)7-12(3)23-17/h4-7H,9H2,1-3H3. The molecule has 1 aromatic carbocycles. The Morgan fingerprint density at radius 1 is 1.24 bits per heavy atom. The van der Waals surface area contributed by atoms with Crippen LogP contribution in [-0.2, 0) is 6.18 Å². The zero-order chi connectivity index (χ0) is 18.8. The molecule has 0 unspecified atom stereocenters. The van der Waals surface area contributed by atoms with Crippen LogP contribution in [0.3, 0.4) is 0 Å². The third-order valence-electron chi connectivity index (χ3n) is 3.55. The van der Waals surface area contributed by atoms with Gasteiger partial charge in [0.25, 0.3) is 0 Å². The van der Waals surface area contributed by atoms with Crippen LogP contribution in [0.2, 0.25) is 0 Å². The summed E-state index contributed by atoms with van der Waals surface area (Å²) in [5.41, 5.74) is 0.913. The van der Waals surface area contributed by atoms with Crippen molar-refractivity contribution in [3.63, 3.8) is 0 Å². The Balaban J connectivity index is 2.30. The molecule has 1 aromatic heterocycles. The first-order valence-corrected chi connectivity index (χ1v) is 8.34. The largest absolute Gasteiger partial charge is 0.417 e. The molecule has 130 valence electrons. The average Bonchev–Trinajstić information content (AvgIpc) is 2.51. The topological polar surface area (TPSA) is 53.8 Å². The quantitative estimate of drug-likeness (QED) is 0.574. The molecule has 0 bridgehead atoms. The van der Waals surface area contributed by atoms with E-state index in [0.717, 1.165) is 29.0 Å². The average molecular weight is 364 g/mol. The Labute approximate surface area is 147 Å². The lowest BCUT2D eigenvalue weighted by Crippen LogP contribution is -2.11. The lowest BCUT2D eigenvalue weighted by atomic mass is 10.0. The van der Waals surface area contributed by atoms with Crippen molar-refractivity contribution >= 4 is 17.5 Å². The smallest absolute Gasteiger partial charge is 0.293 e. The number of nitriles is 1. The maximum Gasteiger partial charge on any atom is 0.417 e. The number of aryl methyl sites for hydroxylation is 3. The van der Waals surface area contributed by atoms with Gasteiger partial charge in [0.15, 0.2) is 5.78 Å². The molecule has 0 radical (unpaired) electrons. The Morgan fingerprint density at radius 3 is 2.48 bits per heavy atom. The van der Waals surface area contributed by atoms with Crippen molar-refractivity contribution in [3.8, 4) is 6.07 Å². The number of carbonyl (C=O) groups excluding carboxylic acids is 1. The van der Waals surface area contributed by atoms with E-state index in [0.29, 0.717) is 5.56 Å². The number of thioether (sulfide) groups is 1. The van der Waals surface area contributed by atoms with Gasteiger partial charge in [0, 0.05) is 11.3 Å². The molecule has 0 aliphatic rings. The molecule has 0 saturated carbocycles. The summed E-state index contributed by atoms with van der Waals surface area (Å²) in [5.74, 6) is -0.310. The van der Waals surface area contributed by atoms with Crippen molar-refractivity contribution < 1.29 is 18.0 Å². The van der Waals surface area contributed by atoms with Gasteiger partial charge >= 0.3 is 6.18 Å². The summed E-state index contributed by atoms with van der Waals surface area (Å²) in [6.45, 7) is 5.13. The molecule has 2 aromatic rings. The van der Waals surface area contributed by atoms with E-state index in [-0.39, 0.29) is 22.3 Å². The Kier molecular flexibility index (Phi) is 5.53. The third kappa shape index (κ3) is 4.40. The number of rotatable bonds is 4. The summed E-state index contributed by atoms with van der Waals surface area (Å²) in [4.78, 5) is 16.4. The number of aromatic nitrogens is 1. The molecule has 0 atom stereocenters. The van der Waals surface area contributed by atoms with Crippen molar-refractivity contribution in [2.75, 3.05) is 5.75 Å². The van der Waals surface area contributed by atoms with Crippen LogP contribution in [0.5, 0.6) is 0 Å². The van der Waals surface area contributed by atoms with Gasteiger partial charge in [-0.3, -0.25) is 4.79 Å². The van der Waals surface area contributed by atoms with Gasteiger partial charge in [-0.05, 0) is 32.4 Å². The fourth-order valence-corrected chi connectivity index (χ4v) is 3.35. The van der Waals surface area contributed by atoms with E-state index >= 15 is 0 Å². The maximum absolute atomic E-state index is 13.1. The highest BCUT2D eigenvalue weighted by molar-refractivity contribution is 8.00. The van der Waals surface area contributed by atoms with Crippen LogP contribution in [0.25, 0.3) is 0 Å². The fourth-order valence-electron chi connectivity index (χ4n) is 2.42. The number of alkyl halides is 3. The van der Waals surface area contributed by atoms with E-state index in [2.05, 4.69) is 4.98 Å². The van der Waals surface area contributed by atoms with E-state index in [4.69, 9.17) is 5.26 Å². The van der Waals surface area contributed by atoms with Gasteiger partial charge in [0.05, 0.1) is 16.9 Å². The second-order valence-electron chi connectivity index (χ2n) is 5.63. The number of ketones is 1. The van der Waals surface area contributed by atoms with Crippen LogP contribution in [-0.4, -0.2) is 16.5 Å². The summed E-state index contributed by atoms with van der Waals surface area (Å²) in [6.07, 6.45) is -4.65. The van der Waals surface area contributed by atoms with Crippen LogP contribution in [0.4, 0.5) is 13.2 Å². The molecular weight excluding hydrogens is 349 g/mol. The molecule has 25 heavy (non-hydrogen) atoms. The lowest BCUT2D eigenvalue weighted by molar-refractivity contribution is -0.138. The van der Waals surface area contributed by atoms with E-state index < -0.39 is 17.3 Å². The Morgan fingerprint density at radius 2 is 1.92 bits per heavy atom. The molecule has 0 fully saturated rings. The molecule has 1 heterocycles. The van der Waals surface area contributed by atoms with E-state index in [9.17, 15) is 18.0 Å². The van der Waals surface area contributed by atoms with Gasteiger partial charge in [0.2, 0.25) is 0 Å². The number of pyridine rings is 1. The number of hydrogen-bond acceptors (Lipinski definition) is 4. The summed E-state index contributed by atoms with van der Waals surface area (Å²) < 4.78 is 39.3. The highest BCUT2D eigenvalue weighted by Crippen LogP contribution is 2.36. The first-order valence-electron chi connectivity index (χ1n) is 7.35. The predicted molar refractivity (Wildman–Crippen MR) is 89.7 cm³/mol. The minimum Gasteiger partial charge on any atom is -0.293 e. The molecule has 3 nitrogen and oxygen atoms in total. The molecule has 2 rings (SSSR count). The van der Waals surface area contributed by atoms with Crippen LogP contribution in [0, 0.1) is 32.1 Å². The van der Waals surface area contributed by atoms with Crippen molar-refractivity contribution in [1.29, 1.82) is 5.26 Å². The highest BCUT2D eigenvalue weighted by Gasteiger charge is 2.35. The summed E-state index contributed by atoms with van der Waals surface area (Å²) in [7, 11) is 0. The second kappa shape index (κ2) is 7.28. The van der Waals surface area contributed by atoms with E-state index in [1.54, 1.807) is 25.1 Å². The molecule has 7 heteroatoms. The van der Waals surface area contributed by atoms with Crippen molar-refractivity contribution in [2.45, 2.75) is 32.0 Å². The zero-order valence-corrected chi connectivity index (χ0v) is 14.7. The van der Waals surface area contributed by atoms with Crippen LogP contribution >= 0.6 is 11.8 Å². The SMILES string of the molecule is Cc1ccc(C(=O)CSc2nc(C)cc(C(F)(F)F)c2C#N)c(C)c1. The number of halogens is 3. The van der Waals surface area contributed by atoms with Gasteiger partial charge in [0.1, 0.15) is 11.1 Å². The van der Waals surface area contributed by atoms with Gasteiger partial charge in [-0.2, -0.15) is 18.4 Å². The number of carbonyl (C=O) groups is 1. The summed E-state index contributed by atoms with van der Waals surface area (Å²) in [6, 6.07) is 7.78. The fraction of sp³-hybridized carbons (Fsp3) is 0.278. The highest BCUT2D eigenvalue weighted by atomic mass is 32.2. The Hall–Kier alpha value is -2.33. The van der Waals surface area contributed by atoms with Crippen LogP contribution < -0.4 is 0 Å². The van der Waals surface area contributed by atoms with Gasteiger partial charge in [-0.25, -0.2) is 4.98 Å². The van der Waals surface area contributed by atoms with Gasteiger partial charge in [-0.15, -0.1) is 0 Å². The van der Waals surface area contributed by atoms with Crippen molar-refractivity contribution in [1.82, 2.24) is 4.98 Å². The number of hydrogen-bond donors (Lipinski definition) is 0. The number of Topliss-reactive ketones (excluding diaryl/α,β-unsaturated/α-hetero) is 1. The van der Waals surface area contributed by atoms with Crippen molar-refractivity contribution in [2.24, 2.45) is 0 Å². The molecule has 0 N–H and O–H groups in total. The van der Waals surface area contributed by atoms with E-state index in [1.807, 2.05) is 13.0 Å². The van der Waals surface area contributed by atoms with Crippen LogP contribution in [0.1, 0.15) is 38.3 Å². The maximum atomic E-state index is 13.1. The minimum absolute atomic E-state index is 0.0760. The molecule has 0 spiro atoms. The summed E-state index contributed by atoms with van der Waals surface area (Å²) >= 11 is 0.849. The molecule has 0 aliphatic carbocycles. The molecule has 0 aliphatic heterocycles. The van der Waals surface area contributed by atoms with Gasteiger partial charge in [-0.1, -0.05) is 35.5 Å². The Bertz CT molecular complexity index is 870. The first-order chi connectivity index (χ1) is 11.6.